The minimum atomic E-state index is -0.945. The van der Waals surface area contributed by atoms with Crippen molar-refractivity contribution in [2.75, 3.05) is 6.61 Å². The van der Waals surface area contributed by atoms with Gasteiger partial charge in [0.1, 0.15) is 0 Å². The summed E-state index contributed by atoms with van der Waals surface area (Å²) in [6.45, 7) is 0.267. The molecule has 0 amide bonds. The third-order valence-corrected chi connectivity index (χ3v) is 5.95. The van der Waals surface area contributed by atoms with Gasteiger partial charge in [-0.05, 0) is 41.5 Å². The minimum absolute atomic E-state index is 0.0268. The number of halogens is 2. The number of rotatable bonds is 8. The fourth-order valence-corrected chi connectivity index (χ4v) is 4.02. The zero-order valence-corrected chi connectivity index (χ0v) is 19.9. The SMILES string of the molecule is O=c1n(CC(O)COCc2ccoc2)nc2c(-c3ccc(Cl)cc3)c(-c3ccc(Cl)cc3)cnn12. The molecule has 0 radical (unpaired) electrons. The molecule has 0 fully saturated rings. The number of aliphatic hydroxyl groups excluding tert-OH is 1. The normalized spacial score (nSPS) is 12.3. The predicted molar refractivity (Wildman–Crippen MR) is 133 cm³/mol. The van der Waals surface area contributed by atoms with Crippen molar-refractivity contribution in [3.05, 3.63) is 99.4 Å². The van der Waals surface area contributed by atoms with Crippen LogP contribution in [-0.4, -0.2) is 37.2 Å². The van der Waals surface area contributed by atoms with Crippen molar-refractivity contribution >= 4 is 28.8 Å². The maximum Gasteiger partial charge on any atom is 0.367 e. The first-order valence-corrected chi connectivity index (χ1v) is 11.5. The van der Waals surface area contributed by atoms with Crippen LogP contribution in [0.15, 0.2) is 82.5 Å². The maximum absolute atomic E-state index is 13.1. The van der Waals surface area contributed by atoms with Gasteiger partial charge in [0, 0.05) is 26.7 Å². The summed E-state index contributed by atoms with van der Waals surface area (Å²) in [5.74, 6) is 0. The Kier molecular flexibility index (Phi) is 6.70. The average Bonchev–Trinajstić information content (AvgIpc) is 3.48. The Bertz CT molecular complexity index is 1490. The summed E-state index contributed by atoms with van der Waals surface area (Å²) < 4.78 is 12.9. The van der Waals surface area contributed by atoms with E-state index in [-0.39, 0.29) is 13.2 Å². The number of hydrogen-bond donors (Lipinski definition) is 1. The zero-order chi connectivity index (χ0) is 24.4. The summed E-state index contributed by atoms with van der Waals surface area (Å²) in [6.07, 6.45) is 3.80. The molecule has 3 heterocycles. The minimum Gasteiger partial charge on any atom is -0.472 e. The molecule has 5 aromatic rings. The lowest BCUT2D eigenvalue weighted by molar-refractivity contribution is 0.0180. The van der Waals surface area contributed by atoms with Gasteiger partial charge in [-0.2, -0.15) is 9.61 Å². The molecule has 5 rings (SSSR count). The number of aliphatic hydroxyl groups is 1. The van der Waals surface area contributed by atoms with E-state index in [0.717, 1.165) is 22.3 Å². The van der Waals surface area contributed by atoms with Crippen LogP contribution in [0.2, 0.25) is 10.0 Å². The van der Waals surface area contributed by atoms with Crippen LogP contribution in [0.25, 0.3) is 27.9 Å². The molecule has 1 N–H and O–H groups in total. The molecule has 1 unspecified atom stereocenters. The predicted octanol–water partition coefficient (Wildman–Crippen LogP) is 4.70. The first kappa shape index (κ1) is 23.3. The fourth-order valence-electron chi connectivity index (χ4n) is 3.77. The van der Waals surface area contributed by atoms with Gasteiger partial charge in [-0.15, -0.1) is 5.10 Å². The van der Waals surface area contributed by atoms with Crippen molar-refractivity contribution in [2.24, 2.45) is 0 Å². The Hall–Kier alpha value is -3.43. The van der Waals surface area contributed by atoms with E-state index in [1.165, 1.54) is 9.20 Å². The van der Waals surface area contributed by atoms with Gasteiger partial charge >= 0.3 is 5.69 Å². The number of ether oxygens (including phenoxy) is 1. The Morgan fingerprint density at radius 3 is 2.34 bits per heavy atom. The number of aromatic nitrogens is 4. The highest BCUT2D eigenvalue weighted by molar-refractivity contribution is 6.31. The number of nitrogens with zero attached hydrogens (tertiary/aromatic N) is 4. The molecule has 0 bridgehead atoms. The van der Waals surface area contributed by atoms with Gasteiger partial charge in [-0.3, -0.25) is 0 Å². The van der Waals surface area contributed by atoms with Crippen LogP contribution < -0.4 is 5.69 Å². The molecular formula is C25H20Cl2N4O4. The van der Waals surface area contributed by atoms with Crippen molar-refractivity contribution in [2.45, 2.75) is 19.3 Å². The molecule has 10 heteroatoms. The van der Waals surface area contributed by atoms with Gasteiger partial charge in [-0.1, -0.05) is 47.5 Å². The number of furan rings is 1. The second kappa shape index (κ2) is 10.1. The monoisotopic (exact) mass is 510 g/mol. The highest BCUT2D eigenvalue weighted by Crippen LogP contribution is 2.34. The summed E-state index contributed by atoms with van der Waals surface area (Å²) in [7, 11) is 0. The van der Waals surface area contributed by atoms with E-state index in [1.54, 1.807) is 49.1 Å². The van der Waals surface area contributed by atoms with Crippen LogP contribution in [0.1, 0.15) is 5.56 Å². The van der Waals surface area contributed by atoms with Gasteiger partial charge in [0.2, 0.25) is 0 Å². The van der Waals surface area contributed by atoms with Gasteiger partial charge in [-0.25, -0.2) is 9.48 Å². The van der Waals surface area contributed by atoms with Crippen LogP contribution >= 0.6 is 23.2 Å². The van der Waals surface area contributed by atoms with Gasteiger partial charge in [0.15, 0.2) is 5.65 Å². The van der Waals surface area contributed by atoms with Crippen molar-refractivity contribution in [3.63, 3.8) is 0 Å². The molecule has 0 aliphatic rings. The molecule has 2 aromatic carbocycles. The standard InChI is InChI=1S/C25H20Cl2N4O4/c26-19-5-1-17(2-6-19)22-11-28-31-24(23(22)18-3-7-20(27)8-4-18)29-30(25(31)33)12-21(32)15-35-14-16-9-10-34-13-16/h1-11,13,21,32H,12,14-15H2. The molecule has 0 saturated heterocycles. The number of hydrogen-bond acceptors (Lipinski definition) is 6. The lowest BCUT2D eigenvalue weighted by Gasteiger charge is -2.11. The quantitative estimate of drug-likeness (QED) is 0.325. The van der Waals surface area contributed by atoms with E-state index in [9.17, 15) is 9.90 Å². The third kappa shape index (κ3) is 5.01. The van der Waals surface area contributed by atoms with E-state index < -0.39 is 11.8 Å². The van der Waals surface area contributed by atoms with Crippen LogP contribution in [0.4, 0.5) is 0 Å². The van der Waals surface area contributed by atoms with Crippen LogP contribution in [0.3, 0.4) is 0 Å². The van der Waals surface area contributed by atoms with Crippen molar-refractivity contribution in [3.8, 4) is 22.3 Å². The molecule has 0 aliphatic carbocycles. The van der Waals surface area contributed by atoms with E-state index in [2.05, 4.69) is 10.2 Å². The summed E-state index contributed by atoms with van der Waals surface area (Å²) in [5.41, 5.74) is 3.91. The third-order valence-electron chi connectivity index (χ3n) is 5.44. The molecule has 0 spiro atoms. The molecule has 178 valence electrons. The molecule has 35 heavy (non-hydrogen) atoms. The Labute approximate surface area is 209 Å². The second-order valence-electron chi connectivity index (χ2n) is 7.95. The van der Waals surface area contributed by atoms with E-state index >= 15 is 0 Å². The average molecular weight is 511 g/mol. The number of fused-ring (bicyclic) bond motifs is 1. The first-order valence-electron chi connectivity index (χ1n) is 10.8. The lowest BCUT2D eigenvalue weighted by atomic mass is 9.97. The van der Waals surface area contributed by atoms with Gasteiger partial charge < -0.3 is 14.3 Å². The van der Waals surface area contributed by atoms with Crippen molar-refractivity contribution in [1.29, 1.82) is 0 Å². The summed E-state index contributed by atoms with van der Waals surface area (Å²) >= 11 is 12.2. The smallest absolute Gasteiger partial charge is 0.367 e. The van der Waals surface area contributed by atoms with E-state index in [4.69, 9.17) is 32.4 Å². The van der Waals surface area contributed by atoms with E-state index in [1.807, 2.05) is 24.3 Å². The van der Waals surface area contributed by atoms with Crippen molar-refractivity contribution < 1.29 is 14.3 Å². The largest absolute Gasteiger partial charge is 0.472 e. The summed E-state index contributed by atoms with van der Waals surface area (Å²) in [6, 6.07) is 16.4. The Morgan fingerprint density at radius 1 is 1.00 bits per heavy atom. The van der Waals surface area contributed by atoms with Crippen molar-refractivity contribution in [1.82, 2.24) is 19.4 Å². The van der Waals surface area contributed by atoms with Gasteiger partial charge in [0.25, 0.3) is 0 Å². The molecular weight excluding hydrogens is 491 g/mol. The summed E-state index contributed by atoms with van der Waals surface area (Å²) in [4.78, 5) is 13.1. The molecule has 8 nitrogen and oxygen atoms in total. The number of benzene rings is 2. The zero-order valence-electron chi connectivity index (χ0n) is 18.3. The maximum atomic E-state index is 13.1. The van der Waals surface area contributed by atoms with E-state index in [0.29, 0.717) is 27.9 Å². The Balaban J connectivity index is 1.51. The lowest BCUT2D eigenvalue weighted by Crippen LogP contribution is -2.30. The molecule has 0 aliphatic heterocycles. The molecule has 3 aromatic heterocycles. The molecule has 1 atom stereocenters. The van der Waals surface area contributed by atoms with Gasteiger partial charge in [0.05, 0.1) is 44.6 Å². The fraction of sp³-hybridized carbons (Fsp3) is 0.160. The second-order valence-corrected chi connectivity index (χ2v) is 8.82. The van der Waals surface area contributed by atoms with Crippen LogP contribution in [-0.2, 0) is 17.9 Å². The van der Waals surface area contributed by atoms with Crippen LogP contribution in [0.5, 0.6) is 0 Å². The molecule has 0 saturated carbocycles. The Morgan fingerprint density at radius 2 is 1.69 bits per heavy atom. The first-order chi connectivity index (χ1) is 17.0. The van der Waals surface area contributed by atoms with Crippen LogP contribution in [0, 0.1) is 0 Å². The highest BCUT2D eigenvalue weighted by atomic mass is 35.5. The highest BCUT2D eigenvalue weighted by Gasteiger charge is 2.20. The topological polar surface area (TPSA) is 94.8 Å². The summed E-state index contributed by atoms with van der Waals surface area (Å²) in [5, 5.41) is 20.5.